The molecule has 1 aromatic rings. The highest BCUT2D eigenvalue weighted by Crippen LogP contribution is 2.21. The van der Waals surface area contributed by atoms with E-state index in [2.05, 4.69) is 14.6 Å². The Morgan fingerprint density at radius 1 is 1.42 bits per heavy atom. The molecule has 2 heterocycles. The molecule has 0 radical (unpaired) electrons. The van der Waals surface area contributed by atoms with E-state index in [4.69, 9.17) is 10.5 Å². The van der Waals surface area contributed by atoms with E-state index in [1.54, 1.807) is 12.1 Å². The highest BCUT2D eigenvalue weighted by atomic mass is 16.5. The molecule has 1 aliphatic heterocycles. The van der Waals surface area contributed by atoms with Gasteiger partial charge in [-0.25, -0.2) is 9.78 Å². The second-order valence-electron chi connectivity index (χ2n) is 4.76. The molecule has 2 atom stereocenters. The predicted octanol–water partition coefficient (Wildman–Crippen LogP) is 1.06. The summed E-state index contributed by atoms with van der Waals surface area (Å²) in [4.78, 5) is 17.8. The topological polar surface area (TPSA) is 77.7 Å². The van der Waals surface area contributed by atoms with Crippen molar-refractivity contribution in [1.29, 1.82) is 0 Å². The maximum atomic E-state index is 11.5. The number of rotatable bonds is 2. The normalized spacial score (nSPS) is 23.2. The van der Waals surface area contributed by atoms with E-state index in [0.717, 1.165) is 18.9 Å². The molecular formula is C13H19N3O3. The van der Waals surface area contributed by atoms with Gasteiger partial charge in [-0.1, -0.05) is 0 Å². The van der Waals surface area contributed by atoms with Crippen LogP contribution in [0, 0.1) is 0 Å². The van der Waals surface area contributed by atoms with E-state index in [1.807, 2.05) is 13.8 Å². The number of pyridine rings is 1. The van der Waals surface area contributed by atoms with E-state index < -0.39 is 5.97 Å². The first-order valence-corrected chi connectivity index (χ1v) is 6.26. The summed E-state index contributed by atoms with van der Waals surface area (Å²) in [5, 5.41) is 0. The summed E-state index contributed by atoms with van der Waals surface area (Å²) >= 11 is 0. The molecule has 104 valence electrons. The van der Waals surface area contributed by atoms with Crippen molar-refractivity contribution in [3.63, 3.8) is 0 Å². The number of carbonyl (C=O) groups is 1. The first-order valence-electron chi connectivity index (χ1n) is 6.26. The minimum absolute atomic E-state index is 0.145. The quantitative estimate of drug-likeness (QED) is 0.806. The predicted molar refractivity (Wildman–Crippen MR) is 72.2 cm³/mol. The van der Waals surface area contributed by atoms with Crippen molar-refractivity contribution in [1.82, 2.24) is 4.98 Å². The zero-order valence-electron chi connectivity index (χ0n) is 11.4. The van der Waals surface area contributed by atoms with Gasteiger partial charge in [-0.2, -0.15) is 0 Å². The van der Waals surface area contributed by atoms with Crippen LogP contribution in [0.3, 0.4) is 0 Å². The van der Waals surface area contributed by atoms with Crippen LogP contribution in [0.25, 0.3) is 0 Å². The zero-order chi connectivity index (χ0) is 14.0. The second-order valence-corrected chi connectivity index (χ2v) is 4.76. The van der Waals surface area contributed by atoms with Crippen molar-refractivity contribution < 1.29 is 14.3 Å². The van der Waals surface area contributed by atoms with Crippen molar-refractivity contribution in [2.24, 2.45) is 0 Å². The lowest BCUT2D eigenvalue weighted by Gasteiger charge is -2.36. The standard InChI is InChI=1S/C13H19N3O3/c1-8-6-16(7-9(2)19-8)11-5-4-10(12(14)15-11)13(17)18-3/h4-5,8-9H,6-7H2,1-3H3,(H2,14,15)/t8-,9+. The van der Waals surface area contributed by atoms with Gasteiger partial charge < -0.3 is 20.1 Å². The Kier molecular flexibility index (Phi) is 3.90. The first kappa shape index (κ1) is 13.6. The highest BCUT2D eigenvalue weighted by Gasteiger charge is 2.24. The molecule has 1 aliphatic rings. The lowest BCUT2D eigenvalue weighted by molar-refractivity contribution is -0.00546. The van der Waals surface area contributed by atoms with E-state index in [1.165, 1.54) is 7.11 Å². The molecule has 2 N–H and O–H groups in total. The van der Waals surface area contributed by atoms with E-state index in [0.29, 0.717) is 5.56 Å². The number of morpholine rings is 1. The highest BCUT2D eigenvalue weighted by molar-refractivity contribution is 5.94. The van der Waals surface area contributed by atoms with Crippen molar-refractivity contribution in [2.45, 2.75) is 26.1 Å². The summed E-state index contributed by atoms with van der Waals surface area (Å²) in [5.74, 6) is 0.476. The Labute approximate surface area is 112 Å². The lowest BCUT2D eigenvalue weighted by atomic mass is 10.2. The van der Waals surface area contributed by atoms with Crippen LogP contribution in [-0.4, -0.2) is 43.4 Å². The molecular weight excluding hydrogens is 246 g/mol. The molecule has 0 bridgehead atoms. The third kappa shape index (κ3) is 2.96. The van der Waals surface area contributed by atoms with Crippen molar-refractivity contribution >= 4 is 17.6 Å². The number of esters is 1. The number of carbonyl (C=O) groups excluding carboxylic acids is 1. The van der Waals surface area contributed by atoms with Crippen molar-refractivity contribution in [3.05, 3.63) is 17.7 Å². The van der Waals surface area contributed by atoms with E-state index in [-0.39, 0.29) is 18.0 Å². The van der Waals surface area contributed by atoms with Crippen molar-refractivity contribution in [3.8, 4) is 0 Å². The van der Waals surface area contributed by atoms with Gasteiger partial charge in [0.05, 0.1) is 19.3 Å². The molecule has 1 saturated heterocycles. The van der Waals surface area contributed by atoms with Crippen LogP contribution in [0.2, 0.25) is 0 Å². The van der Waals surface area contributed by atoms with Gasteiger partial charge in [-0.05, 0) is 26.0 Å². The molecule has 0 unspecified atom stereocenters. The Balaban J connectivity index is 2.22. The van der Waals surface area contributed by atoms with Crippen LogP contribution in [0.5, 0.6) is 0 Å². The third-order valence-corrected chi connectivity index (χ3v) is 3.06. The molecule has 0 saturated carbocycles. The maximum Gasteiger partial charge on any atom is 0.341 e. The van der Waals surface area contributed by atoms with Crippen LogP contribution in [-0.2, 0) is 9.47 Å². The van der Waals surface area contributed by atoms with Crippen LogP contribution in [0.1, 0.15) is 24.2 Å². The Morgan fingerprint density at radius 3 is 2.58 bits per heavy atom. The number of ether oxygens (including phenoxy) is 2. The number of aromatic nitrogens is 1. The number of nitrogens with zero attached hydrogens (tertiary/aromatic N) is 2. The van der Waals surface area contributed by atoms with Gasteiger partial charge in [-0.3, -0.25) is 0 Å². The molecule has 1 fully saturated rings. The van der Waals surface area contributed by atoms with Gasteiger partial charge in [0.1, 0.15) is 17.2 Å². The van der Waals surface area contributed by atoms with Gasteiger partial charge in [0, 0.05) is 13.1 Å². The second kappa shape index (κ2) is 5.44. The van der Waals surface area contributed by atoms with Gasteiger partial charge in [0.25, 0.3) is 0 Å². The fourth-order valence-corrected chi connectivity index (χ4v) is 2.29. The molecule has 2 rings (SSSR count). The van der Waals surface area contributed by atoms with Crippen LogP contribution in [0.4, 0.5) is 11.6 Å². The molecule has 0 aromatic carbocycles. The smallest absolute Gasteiger partial charge is 0.341 e. The number of nitrogens with two attached hydrogens (primary N) is 1. The minimum Gasteiger partial charge on any atom is -0.465 e. The summed E-state index contributed by atoms with van der Waals surface area (Å²) in [6.45, 7) is 5.56. The van der Waals surface area contributed by atoms with Gasteiger partial charge >= 0.3 is 5.97 Å². The van der Waals surface area contributed by atoms with Gasteiger partial charge in [-0.15, -0.1) is 0 Å². The average Bonchev–Trinajstić information content (AvgIpc) is 2.36. The summed E-state index contributed by atoms with van der Waals surface area (Å²) in [6.07, 6.45) is 0.291. The SMILES string of the molecule is COC(=O)c1ccc(N2C[C@@H](C)O[C@@H](C)C2)nc1N. The Hall–Kier alpha value is -1.82. The Morgan fingerprint density at radius 2 is 2.05 bits per heavy atom. The fourth-order valence-electron chi connectivity index (χ4n) is 2.29. The average molecular weight is 265 g/mol. The fraction of sp³-hybridized carbons (Fsp3) is 0.538. The number of anilines is 2. The van der Waals surface area contributed by atoms with E-state index >= 15 is 0 Å². The van der Waals surface area contributed by atoms with Gasteiger partial charge in [0.15, 0.2) is 0 Å². The number of hydrogen-bond acceptors (Lipinski definition) is 6. The molecule has 0 amide bonds. The Bertz CT molecular complexity index is 468. The lowest BCUT2D eigenvalue weighted by Crippen LogP contribution is -2.45. The summed E-state index contributed by atoms with van der Waals surface area (Å²) in [7, 11) is 1.32. The van der Waals surface area contributed by atoms with Crippen LogP contribution >= 0.6 is 0 Å². The molecule has 6 nitrogen and oxygen atoms in total. The number of hydrogen-bond donors (Lipinski definition) is 1. The van der Waals surface area contributed by atoms with Crippen LogP contribution < -0.4 is 10.6 Å². The molecule has 6 heteroatoms. The molecule has 1 aromatic heterocycles. The minimum atomic E-state index is -0.472. The molecule has 0 spiro atoms. The monoisotopic (exact) mass is 265 g/mol. The third-order valence-electron chi connectivity index (χ3n) is 3.06. The zero-order valence-corrected chi connectivity index (χ0v) is 11.4. The largest absolute Gasteiger partial charge is 0.465 e. The summed E-state index contributed by atoms with van der Waals surface area (Å²) < 4.78 is 10.3. The summed E-state index contributed by atoms with van der Waals surface area (Å²) in [5.41, 5.74) is 6.10. The first-order chi connectivity index (χ1) is 9.01. The number of nitrogen functional groups attached to an aromatic ring is 1. The van der Waals surface area contributed by atoms with E-state index in [9.17, 15) is 4.79 Å². The summed E-state index contributed by atoms with van der Waals surface area (Å²) in [6, 6.07) is 3.43. The molecule has 0 aliphatic carbocycles. The van der Waals surface area contributed by atoms with Crippen LogP contribution in [0.15, 0.2) is 12.1 Å². The van der Waals surface area contributed by atoms with Crippen molar-refractivity contribution in [2.75, 3.05) is 30.8 Å². The molecule has 19 heavy (non-hydrogen) atoms. The van der Waals surface area contributed by atoms with Gasteiger partial charge in [0.2, 0.25) is 0 Å². The maximum absolute atomic E-state index is 11.5. The number of methoxy groups -OCH3 is 1.